The van der Waals surface area contributed by atoms with Crippen LogP contribution in [0.15, 0.2) is 229 Å². The first-order valence-electron chi connectivity index (χ1n) is 23.1. The van der Waals surface area contributed by atoms with Gasteiger partial charge in [-0.2, -0.15) is 0 Å². The molecule has 0 atom stereocenters. The first-order chi connectivity index (χ1) is 34.2. The minimum Gasteiger partial charge on any atom is -0.457 e. The van der Waals surface area contributed by atoms with Crippen molar-refractivity contribution in [2.24, 2.45) is 0 Å². The van der Waals surface area contributed by atoms with Crippen molar-refractivity contribution in [2.45, 2.75) is 5.41 Å². The normalized spacial score (nSPS) is 12.9. The molecule has 322 valence electrons. The minimum absolute atomic E-state index is 0.607. The third kappa shape index (κ3) is 6.04. The highest BCUT2D eigenvalue weighted by Gasteiger charge is 2.52. The van der Waals surface area contributed by atoms with Crippen LogP contribution < -0.4 is 4.74 Å². The molecule has 1 aliphatic carbocycles. The van der Waals surface area contributed by atoms with E-state index in [-0.39, 0.29) is 0 Å². The molecule has 2 aliphatic rings. The topological polar surface area (TPSA) is 86.8 Å². The largest absolute Gasteiger partial charge is 0.457 e. The van der Waals surface area contributed by atoms with Gasteiger partial charge in [-0.1, -0.05) is 194 Å². The van der Waals surface area contributed by atoms with Crippen LogP contribution in [0.5, 0.6) is 11.5 Å². The Labute approximate surface area is 397 Å². The number of ether oxygens (including phenoxy) is 1. The van der Waals surface area contributed by atoms with Crippen LogP contribution in [-0.4, -0.2) is 24.9 Å². The molecule has 14 rings (SSSR count). The Hall–Kier alpha value is -9.33. The number of nitrogens with zero attached hydrogens (tertiary/aromatic N) is 5. The molecule has 12 aromatic rings. The van der Waals surface area contributed by atoms with E-state index < -0.39 is 5.41 Å². The van der Waals surface area contributed by atoms with Gasteiger partial charge in [0, 0.05) is 44.3 Å². The first kappa shape index (κ1) is 38.9. The van der Waals surface area contributed by atoms with E-state index in [0.29, 0.717) is 28.9 Å². The SMILES string of the molecule is c1ccc(-c2nc(-c3ccccc3)nc(-c3cccc4c3-c3ccc(-c5ccc(-c6nc(-c7ccccc7)c7oc8ccccc8c7n6)cc5)cc3C43c4ccccc4Oc4ccccc43)n2)cc1. The molecular weight excluding hydrogens is 847 g/mol. The molecule has 0 radical (unpaired) electrons. The summed E-state index contributed by atoms with van der Waals surface area (Å²) >= 11 is 0. The van der Waals surface area contributed by atoms with E-state index in [0.717, 1.165) is 106 Å². The van der Waals surface area contributed by atoms with Crippen LogP contribution in [0.25, 0.3) is 101 Å². The molecule has 0 amide bonds. The van der Waals surface area contributed by atoms with Crippen molar-refractivity contribution in [3.8, 4) is 90.6 Å². The average Bonchev–Trinajstić information content (AvgIpc) is 3.95. The molecule has 7 heteroatoms. The van der Waals surface area contributed by atoms with E-state index in [4.69, 9.17) is 34.1 Å². The maximum absolute atomic E-state index is 6.74. The maximum Gasteiger partial charge on any atom is 0.180 e. The summed E-state index contributed by atoms with van der Waals surface area (Å²) < 4.78 is 13.1. The number of hydrogen-bond donors (Lipinski definition) is 0. The molecule has 0 N–H and O–H groups in total. The van der Waals surface area contributed by atoms with Gasteiger partial charge >= 0.3 is 0 Å². The number of rotatable bonds is 6. The smallest absolute Gasteiger partial charge is 0.180 e. The van der Waals surface area contributed by atoms with Gasteiger partial charge in [0.05, 0.1) is 5.41 Å². The first-order valence-corrected chi connectivity index (χ1v) is 23.1. The molecule has 0 bridgehead atoms. The van der Waals surface area contributed by atoms with Gasteiger partial charge in [-0.3, -0.25) is 0 Å². The maximum atomic E-state index is 6.74. The Kier molecular flexibility index (Phi) is 8.66. The van der Waals surface area contributed by atoms with Crippen molar-refractivity contribution < 1.29 is 9.15 Å². The molecule has 1 aliphatic heterocycles. The number of furan rings is 1. The Balaban J connectivity index is 0.964. The average molecular weight is 884 g/mol. The summed E-state index contributed by atoms with van der Waals surface area (Å²) in [5.74, 6) is 4.12. The van der Waals surface area contributed by atoms with Gasteiger partial charge in [-0.15, -0.1) is 0 Å². The predicted octanol–water partition coefficient (Wildman–Crippen LogP) is 15.0. The third-order valence-corrected chi connectivity index (χ3v) is 13.6. The number of benzene rings is 9. The Morgan fingerprint density at radius 1 is 0.333 bits per heavy atom. The predicted molar refractivity (Wildman–Crippen MR) is 273 cm³/mol. The zero-order valence-corrected chi connectivity index (χ0v) is 36.9. The summed E-state index contributed by atoms with van der Waals surface area (Å²) in [6.07, 6.45) is 0. The number of aromatic nitrogens is 5. The van der Waals surface area contributed by atoms with Crippen molar-refractivity contribution in [3.05, 3.63) is 247 Å². The standard InChI is InChI=1S/C62H37N5O2/c1-4-17-39(18-5-1)55-57-56(45-23-10-13-28-51(45)69-57)64-58(63-55)42-33-31-38(32-34-42)43-35-36-44-50(37-43)62(47-25-11-14-29-52(47)68-53-30-15-12-26-48(53)62)49-27-16-24-46(54(44)49)61-66-59(40-19-6-2-7-20-40)65-60(67-61)41-21-8-3-9-22-41/h1-37H. The number of fused-ring (bicyclic) bond motifs is 12. The van der Waals surface area contributed by atoms with Crippen LogP contribution in [0.2, 0.25) is 0 Å². The summed E-state index contributed by atoms with van der Waals surface area (Å²) in [7, 11) is 0. The molecule has 0 unspecified atom stereocenters. The van der Waals surface area contributed by atoms with Gasteiger partial charge in [0.1, 0.15) is 28.3 Å². The van der Waals surface area contributed by atoms with E-state index in [2.05, 4.69) is 115 Å². The van der Waals surface area contributed by atoms with Crippen LogP contribution >= 0.6 is 0 Å². The highest BCUT2D eigenvalue weighted by atomic mass is 16.5. The molecule has 1 spiro atoms. The fourth-order valence-electron chi connectivity index (χ4n) is 10.6. The summed E-state index contributed by atoms with van der Waals surface area (Å²) in [5.41, 5.74) is 15.7. The van der Waals surface area contributed by atoms with Gasteiger partial charge in [-0.25, -0.2) is 24.9 Å². The molecule has 9 aromatic carbocycles. The summed E-state index contributed by atoms with van der Waals surface area (Å²) in [6, 6.07) is 77.5. The molecule has 69 heavy (non-hydrogen) atoms. The summed E-state index contributed by atoms with van der Waals surface area (Å²) in [5, 5.41) is 0.959. The monoisotopic (exact) mass is 883 g/mol. The summed E-state index contributed by atoms with van der Waals surface area (Å²) in [6.45, 7) is 0. The minimum atomic E-state index is -0.732. The van der Waals surface area contributed by atoms with Gasteiger partial charge < -0.3 is 9.15 Å². The molecule has 4 heterocycles. The second-order valence-electron chi connectivity index (χ2n) is 17.5. The van der Waals surface area contributed by atoms with Crippen molar-refractivity contribution in [2.75, 3.05) is 0 Å². The van der Waals surface area contributed by atoms with E-state index >= 15 is 0 Å². The highest BCUT2D eigenvalue weighted by Crippen LogP contribution is 2.63. The van der Waals surface area contributed by atoms with Gasteiger partial charge in [0.2, 0.25) is 0 Å². The van der Waals surface area contributed by atoms with E-state index in [1.54, 1.807) is 0 Å². The van der Waals surface area contributed by atoms with Crippen LogP contribution in [-0.2, 0) is 5.41 Å². The van der Waals surface area contributed by atoms with E-state index in [1.807, 2.05) is 109 Å². The Morgan fingerprint density at radius 3 is 1.54 bits per heavy atom. The lowest BCUT2D eigenvalue weighted by molar-refractivity contribution is 0.436. The molecule has 7 nitrogen and oxygen atoms in total. The van der Waals surface area contributed by atoms with Crippen molar-refractivity contribution in [3.63, 3.8) is 0 Å². The van der Waals surface area contributed by atoms with Crippen LogP contribution in [0.3, 0.4) is 0 Å². The second-order valence-corrected chi connectivity index (χ2v) is 17.5. The molecule has 0 fully saturated rings. The fourth-order valence-corrected chi connectivity index (χ4v) is 10.6. The van der Waals surface area contributed by atoms with Crippen LogP contribution in [0.1, 0.15) is 22.3 Å². The quantitative estimate of drug-likeness (QED) is 0.164. The van der Waals surface area contributed by atoms with Crippen molar-refractivity contribution in [1.29, 1.82) is 0 Å². The highest BCUT2D eigenvalue weighted by molar-refractivity contribution is 6.07. The Bertz CT molecular complexity index is 3880. The van der Waals surface area contributed by atoms with Crippen molar-refractivity contribution >= 4 is 22.1 Å². The fraction of sp³-hybridized carbons (Fsp3) is 0.0161. The van der Waals surface area contributed by atoms with E-state index in [1.165, 1.54) is 0 Å². The van der Waals surface area contributed by atoms with Gasteiger partial charge in [0.15, 0.2) is 28.9 Å². The molecule has 0 saturated heterocycles. The zero-order chi connectivity index (χ0) is 45.5. The third-order valence-electron chi connectivity index (χ3n) is 13.6. The molecule has 3 aromatic heterocycles. The van der Waals surface area contributed by atoms with E-state index in [9.17, 15) is 0 Å². The number of para-hydroxylation sites is 3. The van der Waals surface area contributed by atoms with Crippen LogP contribution in [0, 0.1) is 0 Å². The molecular formula is C62H37N5O2. The Morgan fingerprint density at radius 2 is 0.855 bits per heavy atom. The lowest BCUT2D eigenvalue weighted by Gasteiger charge is -2.39. The van der Waals surface area contributed by atoms with Gasteiger partial charge in [-0.05, 0) is 63.7 Å². The lowest BCUT2D eigenvalue weighted by atomic mass is 9.66. The lowest BCUT2D eigenvalue weighted by Crippen LogP contribution is -2.32. The second kappa shape index (κ2) is 15.4. The van der Waals surface area contributed by atoms with Crippen LogP contribution in [0.4, 0.5) is 0 Å². The van der Waals surface area contributed by atoms with Gasteiger partial charge in [0.25, 0.3) is 0 Å². The molecule has 0 saturated carbocycles. The zero-order valence-electron chi connectivity index (χ0n) is 36.9. The van der Waals surface area contributed by atoms with Crippen molar-refractivity contribution in [1.82, 2.24) is 24.9 Å². The number of hydrogen-bond acceptors (Lipinski definition) is 7. The summed E-state index contributed by atoms with van der Waals surface area (Å²) in [4.78, 5) is 25.9.